The quantitative estimate of drug-likeness (QED) is 0.803. The molecule has 0 radical (unpaired) electrons. The molecule has 0 aliphatic heterocycles. The minimum Gasteiger partial charge on any atom is -0.507 e. The highest BCUT2D eigenvalue weighted by Crippen LogP contribution is 2.29. The zero-order chi connectivity index (χ0) is 14.0. The molecule has 0 unspecified atom stereocenters. The molecule has 0 aliphatic rings. The van der Waals surface area contributed by atoms with Gasteiger partial charge in [-0.25, -0.2) is 9.78 Å². The Kier molecular flexibility index (Phi) is 3.57. The van der Waals surface area contributed by atoms with Gasteiger partial charge in [0.2, 0.25) is 0 Å². The van der Waals surface area contributed by atoms with E-state index in [1.165, 1.54) is 12.3 Å². The molecule has 0 amide bonds. The third-order valence-electron chi connectivity index (χ3n) is 2.66. The number of nitrogens with zero attached hydrogens (tertiary/aromatic N) is 1. The Morgan fingerprint density at radius 2 is 2.11 bits per heavy atom. The van der Waals surface area contributed by atoms with E-state index in [4.69, 9.17) is 16.7 Å². The summed E-state index contributed by atoms with van der Waals surface area (Å²) in [6.45, 7) is 1.80. The van der Waals surface area contributed by atoms with E-state index in [-0.39, 0.29) is 17.1 Å². The van der Waals surface area contributed by atoms with Gasteiger partial charge < -0.3 is 15.5 Å². The SMILES string of the molecule is Cc1c(Cl)cccc1Nc1nccc(O)c1C(=O)O. The van der Waals surface area contributed by atoms with Crippen LogP contribution in [0.25, 0.3) is 0 Å². The number of anilines is 2. The molecule has 1 aromatic heterocycles. The molecule has 0 atom stereocenters. The summed E-state index contributed by atoms with van der Waals surface area (Å²) in [5.74, 6) is -1.53. The second-order valence-corrected chi connectivity index (χ2v) is 4.30. The molecular formula is C13H11ClN2O3. The van der Waals surface area contributed by atoms with Gasteiger partial charge in [-0.2, -0.15) is 0 Å². The van der Waals surface area contributed by atoms with Gasteiger partial charge in [-0.3, -0.25) is 0 Å². The maximum atomic E-state index is 11.1. The normalized spacial score (nSPS) is 10.2. The van der Waals surface area contributed by atoms with Crippen LogP contribution in [-0.2, 0) is 0 Å². The fourth-order valence-corrected chi connectivity index (χ4v) is 1.80. The topological polar surface area (TPSA) is 82.5 Å². The smallest absolute Gasteiger partial charge is 0.343 e. The number of benzene rings is 1. The van der Waals surface area contributed by atoms with E-state index in [0.717, 1.165) is 5.56 Å². The molecule has 1 aromatic carbocycles. The first kappa shape index (κ1) is 13.2. The van der Waals surface area contributed by atoms with Gasteiger partial charge in [0.1, 0.15) is 17.1 Å². The fraction of sp³-hybridized carbons (Fsp3) is 0.0769. The van der Waals surface area contributed by atoms with Crippen molar-refractivity contribution >= 4 is 29.1 Å². The monoisotopic (exact) mass is 278 g/mol. The molecule has 2 aromatic rings. The van der Waals surface area contributed by atoms with Crippen LogP contribution in [0.5, 0.6) is 5.75 Å². The third kappa shape index (κ3) is 2.61. The Labute approximate surface area is 114 Å². The Morgan fingerprint density at radius 3 is 2.79 bits per heavy atom. The van der Waals surface area contributed by atoms with Crippen molar-refractivity contribution in [1.82, 2.24) is 4.98 Å². The summed E-state index contributed by atoms with van der Waals surface area (Å²) in [6.07, 6.45) is 1.32. The number of halogens is 1. The summed E-state index contributed by atoms with van der Waals surface area (Å²) in [5.41, 5.74) is 1.13. The molecule has 2 rings (SSSR count). The first-order valence-corrected chi connectivity index (χ1v) is 5.82. The van der Waals surface area contributed by atoms with Gasteiger partial charge in [0, 0.05) is 16.9 Å². The number of nitrogens with one attached hydrogen (secondary N) is 1. The van der Waals surface area contributed by atoms with Crippen molar-refractivity contribution in [3.8, 4) is 5.75 Å². The Balaban J connectivity index is 2.47. The number of pyridine rings is 1. The number of aromatic hydroxyl groups is 1. The van der Waals surface area contributed by atoms with E-state index in [2.05, 4.69) is 10.3 Å². The zero-order valence-electron chi connectivity index (χ0n) is 10.0. The van der Waals surface area contributed by atoms with Gasteiger partial charge in [0.05, 0.1) is 0 Å². The Morgan fingerprint density at radius 1 is 1.37 bits per heavy atom. The highest BCUT2D eigenvalue weighted by Gasteiger charge is 2.17. The number of aromatic carboxylic acids is 1. The van der Waals surface area contributed by atoms with E-state index in [0.29, 0.717) is 10.7 Å². The van der Waals surface area contributed by atoms with Gasteiger partial charge in [-0.05, 0) is 30.7 Å². The highest BCUT2D eigenvalue weighted by molar-refractivity contribution is 6.31. The minimum absolute atomic E-state index is 0.0675. The molecule has 0 bridgehead atoms. The molecule has 6 heteroatoms. The first-order chi connectivity index (χ1) is 9.00. The molecule has 0 fully saturated rings. The summed E-state index contributed by atoms with van der Waals surface area (Å²) >= 11 is 5.99. The van der Waals surface area contributed by atoms with Crippen LogP contribution < -0.4 is 5.32 Å². The van der Waals surface area contributed by atoms with Crippen molar-refractivity contribution in [3.63, 3.8) is 0 Å². The predicted octanol–water partition coefficient (Wildman–Crippen LogP) is 3.19. The number of carboxylic acids is 1. The Hall–Kier alpha value is -2.27. The van der Waals surface area contributed by atoms with Crippen molar-refractivity contribution in [2.45, 2.75) is 6.92 Å². The van der Waals surface area contributed by atoms with Crippen LogP contribution in [0.2, 0.25) is 5.02 Å². The van der Waals surface area contributed by atoms with E-state index in [9.17, 15) is 9.90 Å². The van der Waals surface area contributed by atoms with E-state index in [1.54, 1.807) is 25.1 Å². The molecule has 3 N–H and O–H groups in total. The Bertz CT molecular complexity index is 644. The van der Waals surface area contributed by atoms with Gasteiger partial charge >= 0.3 is 5.97 Å². The number of hydrogen-bond donors (Lipinski definition) is 3. The van der Waals surface area contributed by atoms with Crippen LogP contribution in [0, 0.1) is 6.92 Å². The third-order valence-corrected chi connectivity index (χ3v) is 3.07. The number of aromatic nitrogens is 1. The van der Waals surface area contributed by atoms with Crippen molar-refractivity contribution in [3.05, 3.63) is 46.6 Å². The lowest BCUT2D eigenvalue weighted by atomic mass is 10.2. The van der Waals surface area contributed by atoms with Crippen molar-refractivity contribution in [2.75, 3.05) is 5.32 Å². The van der Waals surface area contributed by atoms with Crippen LogP contribution in [0.3, 0.4) is 0 Å². The van der Waals surface area contributed by atoms with Crippen LogP contribution in [0.4, 0.5) is 11.5 Å². The average Bonchev–Trinajstić information content (AvgIpc) is 2.34. The summed E-state index contributed by atoms with van der Waals surface area (Å²) in [7, 11) is 0. The molecule has 98 valence electrons. The van der Waals surface area contributed by atoms with Gasteiger partial charge in [0.25, 0.3) is 0 Å². The molecule has 0 spiro atoms. The van der Waals surface area contributed by atoms with Crippen LogP contribution >= 0.6 is 11.6 Å². The molecule has 1 heterocycles. The van der Waals surface area contributed by atoms with E-state index >= 15 is 0 Å². The molecule has 5 nitrogen and oxygen atoms in total. The lowest BCUT2D eigenvalue weighted by Crippen LogP contribution is -2.05. The maximum absolute atomic E-state index is 11.1. The van der Waals surface area contributed by atoms with Crippen LogP contribution in [-0.4, -0.2) is 21.2 Å². The summed E-state index contributed by atoms with van der Waals surface area (Å²) in [5, 5.41) is 22.1. The summed E-state index contributed by atoms with van der Waals surface area (Å²) < 4.78 is 0. The second kappa shape index (κ2) is 5.16. The lowest BCUT2D eigenvalue weighted by molar-refractivity contribution is 0.0694. The zero-order valence-corrected chi connectivity index (χ0v) is 10.8. The van der Waals surface area contributed by atoms with E-state index < -0.39 is 5.97 Å². The van der Waals surface area contributed by atoms with Crippen molar-refractivity contribution in [1.29, 1.82) is 0 Å². The van der Waals surface area contributed by atoms with Gasteiger partial charge in [-0.1, -0.05) is 17.7 Å². The largest absolute Gasteiger partial charge is 0.507 e. The summed E-state index contributed by atoms with van der Waals surface area (Å²) in [6, 6.07) is 6.44. The van der Waals surface area contributed by atoms with Gasteiger partial charge in [0.15, 0.2) is 0 Å². The number of hydrogen-bond acceptors (Lipinski definition) is 4. The second-order valence-electron chi connectivity index (χ2n) is 3.90. The molecule has 0 saturated heterocycles. The molecule has 0 saturated carbocycles. The summed E-state index contributed by atoms with van der Waals surface area (Å²) in [4.78, 5) is 15.1. The fourth-order valence-electron chi connectivity index (χ4n) is 1.63. The van der Waals surface area contributed by atoms with Crippen molar-refractivity contribution < 1.29 is 15.0 Å². The van der Waals surface area contributed by atoms with Crippen LogP contribution in [0.1, 0.15) is 15.9 Å². The maximum Gasteiger partial charge on any atom is 0.343 e. The van der Waals surface area contributed by atoms with E-state index in [1.807, 2.05) is 0 Å². The number of rotatable bonds is 3. The lowest BCUT2D eigenvalue weighted by Gasteiger charge is -2.12. The van der Waals surface area contributed by atoms with Crippen molar-refractivity contribution in [2.24, 2.45) is 0 Å². The molecular weight excluding hydrogens is 268 g/mol. The highest BCUT2D eigenvalue weighted by atomic mass is 35.5. The number of carboxylic acid groups (broad SMARTS) is 1. The van der Waals surface area contributed by atoms with Gasteiger partial charge in [-0.15, -0.1) is 0 Å². The predicted molar refractivity (Wildman–Crippen MR) is 72.3 cm³/mol. The first-order valence-electron chi connectivity index (χ1n) is 5.44. The molecule has 0 aliphatic carbocycles. The standard InChI is InChI=1S/C13H11ClN2O3/c1-7-8(14)3-2-4-9(7)16-12-11(13(18)19)10(17)5-6-15-12/h2-6H,1H3,(H,18,19)(H2,15,16,17). The number of carbonyl (C=O) groups is 1. The molecule has 19 heavy (non-hydrogen) atoms. The average molecular weight is 279 g/mol. The van der Waals surface area contributed by atoms with Crippen LogP contribution in [0.15, 0.2) is 30.5 Å². The minimum atomic E-state index is -1.26.